The standard InChI is InChI=1S/C16H15FINO/c1-20-12-4-2-11(3-5-12)8-19-9-13-14(10-19)16(18)7-6-15(13)17/h2-7H,8-10H2,1H3. The highest BCUT2D eigenvalue weighted by molar-refractivity contribution is 14.1. The second-order valence-corrected chi connectivity index (χ2v) is 6.14. The molecule has 0 radical (unpaired) electrons. The second kappa shape index (κ2) is 5.69. The third-order valence-electron chi connectivity index (χ3n) is 3.65. The molecule has 0 saturated carbocycles. The van der Waals surface area contributed by atoms with Crippen LogP contribution < -0.4 is 4.74 Å². The third-order valence-corrected chi connectivity index (χ3v) is 4.66. The Morgan fingerprint density at radius 2 is 1.80 bits per heavy atom. The van der Waals surface area contributed by atoms with Gasteiger partial charge in [-0.15, -0.1) is 0 Å². The van der Waals surface area contributed by atoms with Crippen molar-refractivity contribution in [1.82, 2.24) is 4.90 Å². The minimum absolute atomic E-state index is 0.0855. The quantitative estimate of drug-likeness (QED) is 0.745. The van der Waals surface area contributed by atoms with Gasteiger partial charge in [-0.25, -0.2) is 4.39 Å². The van der Waals surface area contributed by atoms with Crippen LogP contribution in [0.25, 0.3) is 0 Å². The number of benzene rings is 2. The predicted octanol–water partition coefficient (Wildman–Crippen LogP) is 3.95. The summed E-state index contributed by atoms with van der Waals surface area (Å²) in [5.41, 5.74) is 3.21. The van der Waals surface area contributed by atoms with E-state index in [1.807, 2.05) is 18.2 Å². The van der Waals surface area contributed by atoms with E-state index in [1.165, 1.54) is 5.56 Å². The normalized spacial score (nSPS) is 14.3. The first-order valence-electron chi connectivity index (χ1n) is 6.48. The van der Waals surface area contributed by atoms with Crippen LogP contribution in [0.2, 0.25) is 0 Å². The van der Waals surface area contributed by atoms with Gasteiger partial charge in [-0.1, -0.05) is 12.1 Å². The van der Waals surface area contributed by atoms with Crippen LogP contribution in [-0.2, 0) is 19.6 Å². The minimum atomic E-state index is -0.0855. The van der Waals surface area contributed by atoms with Crippen molar-refractivity contribution in [2.45, 2.75) is 19.6 Å². The first kappa shape index (κ1) is 13.8. The highest BCUT2D eigenvalue weighted by Crippen LogP contribution is 2.30. The predicted molar refractivity (Wildman–Crippen MR) is 85.1 cm³/mol. The smallest absolute Gasteiger partial charge is 0.128 e. The summed E-state index contributed by atoms with van der Waals surface area (Å²) in [5, 5.41) is 0. The Morgan fingerprint density at radius 1 is 1.10 bits per heavy atom. The minimum Gasteiger partial charge on any atom is -0.497 e. The summed E-state index contributed by atoms with van der Waals surface area (Å²) < 4.78 is 20.1. The first-order chi connectivity index (χ1) is 9.67. The summed E-state index contributed by atoms with van der Waals surface area (Å²) in [5.74, 6) is 0.775. The average Bonchev–Trinajstić information content (AvgIpc) is 2.89. The van der Waals surface area contributed by atoms with Crippen molar-refractivity contribution in [3.8, 4) is 5.75 Å². The molecule has 0 fully saturated rings. The molecule has 4 heteroatoms. The second-order valence-electron chi connectivity index (χ2n) is 4.98. The van der Waals surface area contributed by atoms with Gasteiger partial charge in [-0.05, 0) is 58.0 Å². The van der Waals surface area contributed by atoms with Crippen molar-refractivity contribution in [1.29, 1.82) is 0 Å². The Morgan fingerprint density at radius 3 is 2.45 bits per heavy atom. The lowest BCUT2D eigenvalue weighted by Gasteiger charge is -2.15. The fourth-order valence-corrected chi connectivity index (χ4v) is 3.26. The van der Waals surface area contributed by atoms with E-state index >= 15 is 0 Å². The summed E-state index contributed by atoms with van der Waals surface area (Å²) in [6.07, 6.45) is 0. The molecule has 0 saturated heterocycles. The molecule has 2 aromatic rings. The Balaban J connectivity index is 1.75. The number of rotatable bonds is 3. The van der Waals surface area contributed by atoms with Gasteiger partial charge in [-0.2, -0.15) is 0 Å². The summed E-state index contributed by atoms with van der Waals surface area (Å²) >= 11 is 2.28. The van der Waals surface area contributed by atoms with Gasteiger partial charge < -0.3 is 4.74 Å². The lowest BCUT2D eigenvalue weighted by molar-refractivity contribution is 0.273. The molecule has 2 aromatic carbocycles. The van der Waals surface area contributed by atoms with Crippen LogP contribution in [0.5, 0.6) is 5.75 Å². The van der Waals surface area contributed by atoms with Crippen LogP contribution in [0.1, 0.15) is 16.7 Å². The maximum Gasteiger partial charge on any atom is 0.128 e. The van der Waals surface area contributed by atoms with Gasteiger partial charge in [0.15, 0.2) is 0 Å². The van der Waals surface area contributed by atoms with Crippen LogP contribution in [0.4, 0.5) is 4.39 Å². The Labute approximate surface area is 131 Å². The topological polar surface area (TPSA) is 12.5 Å². The van der Waals surface area contributed by atoms with Crippen LogP contribution >= 0.6 is 22.6 Å². The molecule has 0 amide bonds. The Hall–Kier alpha value is -1.14. The number of ether oxygens (including phenoxy) is 1. The molecule has 20 heavy (non-hydrogen) atoms. The van der Waals surface area contributed by atoms with Crippen molar-refractivity contribution >= 4 is 22.6 Å². The van der Waals surface area contributed by atoms with Crippen molar-refractivity contribution in [2.24, 2.45) is 0 Å². The van der Waals surface area contributed by atoms with Gasteiger partial charge >= 0.3 is 0 Å². The molecular weight excluding hydrogens is 368 g/mol. The van der Waals surface area contributed by atoms with Gasteiger partial charge in [-0.3, -0.25) is 4.90 Å². The molecule has 0 unspecified atom stereocenters. The van der Waals surface area contributed by atoms with E-state index in [-0.39, 0.29) is 5.82 Å². The van der Waals surface area contributed by atoms with Gasteiger partial charge in [0, 0.05) is 28.8 Å². The van der Waals surface area contributed by atoms with Gasteiger partial charge in [0.25, 0.3) is 0 Å². The van der Waals surface area contributed by atoms with Crippen LogP contribution in [0.15, 0.2) is 36.4 Å². The molecule has 0 N–H and O–H groups in total. The molecule has 0 spiro atoms. The van der Waals surface area contributed by atoms with Crippen LogP contribution in [-0.4, -0.2) is 12.0 Å². The fraction of sp³-hybridized carbons (Fsp3) is 0.250. The molecule has 3 rings (SSSR count). The number of hydrogen-bond acceptors (Lipinski definition) is 2. The lowest BCUT2D eigenvalue weighted by Crippen LogP contribution is -2.15. The highest BCUT2D eigenvalue weighted by atomic mass is 127. The van der Waals surface area contributed by atoms with E-state index in [0.29, 0.717) is 6.54 Å². The number of nitrogens with zero attached hydrogens (tertiary/aromatic N) is 1. The van der Waals surface area contributed by atoms with E-state index in [1.54, 1.807) is 13.2 Å². The summed E-state index contributed by atoms with van der Waals surface area (Å²) in [7, 11) is 1.66. The number of hydrogen-bond donors (Lipinski definition) is 0. The summed E-state index contributed by atoms with van der Waals surface area (Å²) in [6, 6.07) is 11.5. The zero-order valence-corrected chi connectivity index (χ0v) is 13.4. The van der Waals surface area contributed by atoms with E-state index in [2.05, 4.69) is 39.6 Å². The molecule has 0 bridgehead atoms. The molecule has 0 aliphatic carbocycles. The van der Waals surface area contributed by atoms with Gasteiger partial charge in [0.05, 0.1) is 7.11 Å². The monoisotopic (exact) mass is 383 g/mol. The molecule has 104 valence electrons. The highest BCUT2D eigenvalue weighted by Gasteiger charge is 2.24. The third kappa shape index (κ3) is 2.67. The number of methoxy groups -OCH3 is 1. The van der Waals surface area contributed by atoms with Crippen molar-refractivity contribution in [3.63, 3.8) is 0 Å². The zero-order valence-electron chi connectivity index (χ0n) is 11.2. The molecule has 1 heterocycles. The van der Waals surface area contributed by atoms with E-state index in [9.17, 15) is 4.39 Å². The molecule has 0 atom stereocenters. The lowest BCUT2D eigenvalue weighted by atomic mass is 10.1. The van der Waals surface area contributed by atoms with Crippen molar-refractivity contribution in [2.75, 3.05) is 7.11 Å². The number of fused-ring (bicyclic) bond motifs is 1. The zero-order chi connectivity index (χ0) is 14.1. The van der Waals surface area contributed by atoms with Gasteiger partial charge in [0.2, 0.25) is 0 Å². The van der Waals surface area contributed by atoms with E-state index in [4.69, 9.17) is 4.74 Å². The summed E-state index contributed by atoms with van der Waals surface area (Å²) in [4.78, 5) is 2.26. The maximum atomic E-state index is 13.8. The van der Waals surface area contributed by atoms with Crippen molar-refractivity contribution in [3.05, 3.63) is 62.5 Å². The van der Waals surface area contributed by atoms with Crippen LogP contribution in [0.3, 0.4) is 0 Å². The molecule has 1 aliphatic rings. The maximum absolute atomic E-state index is 13.8. The van der Waals surface area contributed by atoms with E-state index < -0.39 is 0 Å². The Bertz CT molecular complexity index is 596. The molecule has 0 aromatic heterocycles. The van der Waals surface area contributed by atoms with Crippen molar-refractivity contribution < 1.29 is 9.13 Å². The van der Waals surface area contributed by atoms with Gasteiger partial charge in [0.1, 0.15) is 11.6 Å². The van der Waals surface area contributed by atoms with E-state index in [0.717, 1.165) is 33.5 Å². The Kier molecular flexibility index (Phi) is 3.94. The SMILES string of the molecule is COc1ccc(CN2Cc3c(F)ccc(I)c3C2)cc1. The number of halogens is 2. The van der Waals surface area contributed by atoms with Crippen LogP contribution in [0, 0.1) is 9.39 Å². The first-order valence-corrected chi connectivity index (χ1v) is 7.56. The summed E-state index contributed by atoms with van der Waals surface area (Å²) in [6.45, 7) is 2.33. The molecule has 1 aliphatic heterocycles. The molecular formula is C16H15FINO. The average molecular weight is 383 g/mol. The fourth-order valence-electron chi connectivity index (χ4n) is 2.58. The largest absolute Gasteiger partial charge is 0.497 e. The molecule has 2 nitrogen and oxygen atoms in total.